The first-order chi connectivity index (χ1) is 8.60. The van der Waals surface area contributed by atoms with Crippen LogP contribution in [0.2, 0.25) is 0 Å². The van der Waals surface area contributed by atoms with Gasteiger partial charge in [0.1, 0.15) is 9.79 Å². The fraction of sp³-hybridized carbons (Fsp3) is 0. The highest BCUT2D eigenvalue weighted by Crippen LogP contribution is 2.30. The third-order valence-electron chi connectivity index (χ3n) is 2.50. The second kappa shape index (κ2) is 4.17. The molecule has 2 rings (SSSR count). The SMILES string of the molecule is Nc1ccc2ccc(S(=O)(=O)O)c(S(=O)(=O)O)c2c1. The molecule has 0 fully saturated rings. The smallest absolute Gasteiger partial charge is 0.296 e. The number of benzene rings is 2. The molecule has 0 amide bonds. The maximum Gasteiger partial charge on any atom is 0.296 e. The van der Waals surface area contributed by atoms with Gasteiger partial charge in [0.05, 0.1) is 0 Å². The highest BCUT2D eigenvalue weighted by atomic mass is 32.2. The van der Waals surface area contributed by atoms with Crippen molar-refractivity contribution in [1.82, 2.24) is 0 Å². The van der Waals surface area contributed by atoms with E-state index in [4.69, 9.17) is 10.3 Å². The summed E-state index contributed by atoms with van der Waals surface area (Å²) in [6, 6.07) is 6.35. The van der Waals surface area contributed by atoms with E-state index in [1.807, 2.05) is 0 Å². The Morgan fingerprint density at radius 3 is 2.00 bits per heavy atom. The first kappa shape index (κ1) is 13.7. The maximum absolute atomic E-state index is 11.4. The van der Waals surface area contributed by atoms with E-state index < -0.39 is 30.0 Å². The summed E-state index contributed by atoms with van der Waals surface area (Å²) in [7, 11) is -9.66. The zero-order valence-electron chi connectivity index (χ0n) is 9.31. The number of rotatable bonds is 2. The standard InChI is InChI=1S/C10H9NO6S2/c11-7-3-1-6-2-4-9(18(12,13)14)10(8(6)5-7)19(15,16)17/h1-5H,11H2,(H,12,13,14)(H,15,16,17). The van der Waals surface area contributed by atoms with E-state index in [0.717, 1.165) is 6.07 Å². The summed E-state index contributed by atoms with van der Waals surface area (Å²) in [5, 5.41) is 0.270. The van der Waals surface area contributed by atoms with Gasteiger partial charge in [0.25, 0.3) is 20.2 Å². The van der Waals surface area contributed by atoms with Gasteiger partial charge in [-0.25, -0.2) is 0 Å². The number of nitrogen functional groups attached to an aromatic ring is 1. The highest BCUT2D eigenvalue weighted by molar-refractivity contribution is 7.89. The van der Waals surface area contributed by atoms with Crippen LogP contribution in [0.1, 0.15) is 0 Å². The molecule has 0 spiro atoms. The third kappa shape index (κ3) is 2.54. The number of hydrogen-bond donors (Lipinski definition) is 3. The van der Waals surface area contributed by atoms with Crippen molar-refractivity contribution < 1.29 is 25.9 Å². The minimum Gasteiger partial charge on any atom is -0.399 e. The summed E-state index contributed by atoms with van der Waals surface area (Å²) in [6.45, 7) is 0. The topological polar surface area (TPSA) is 135 Å². The molecule has 0 radical (unpaired) electrons. The van der Waals surface area contributed by atoms with Crippen molar-refractivity contribution in [2.75, 3.05) is 5.73 Å². The highest BCUT2D eigenvalue weighted by Gasteiger charge is 2.26. The van der Waals surface area contributed by atoms with Crippen LogP contribution in [0.3, 0.4) is 0 Å². The Hall–Kier alpha value is -1.68. The molecule has 0 aromatic heterocycles. The van der Waals surface area contributed by atoms with Gasteiger partial charge < -0.3 is 5.73 Å². The average molecular weight is 303 g/mol. The van der Waals surface area contributed by atoms with E-state index in [1.165, 1.54) is 24.3 Å². The Morgan fingerprint density at radius 2 is 1.47 bits per heavy atom. The normalized spacial score (nSPS) is 12.7. The lowest BCUT2D eigenvalue weighted by Crippen LogP contribution is -2.09. The van der Waals surface area contributed by atoms with Crippen LogP contribution in [0.25, 0.3) is 10.8 Å². The van der Waals surface area contributed by atoms with E-state index in [-0.39, 0.29) is 11.1 Å². The van der Waals surface area contributed by atoms with Crippen LogP contribution in [0, 0.1) is 0 Å². The summed E-state index contributed by atoms with van der Waals surface area (Å²) >= 11 is 0. The molecule has 0 saturated carbocycles. The summed E-state index contributed by atoms with van der Waals surface area (Å²) < 4.78 is 63.3. The first-order valence-corrected chi connectivity index (χ1v) is 7.76. The van der Waals surface area contributed by atoms with Gasteiger partial charge in [-0.2, -0.15) is 16.8 Å². The number of anilines is 1. The number of hydrogen-bond acceptors (Lipinski definition) is 5. The van der Waals surface area contributed by atoms with Crippen LogP contribution in [0.15, 0.2) is 40.1 Å². The fourth-order valence-electron chi connectivity index (χ4n) is 1.76. The molecule has 0 aliphatic carbocycles. The van der Waals surface area contributed by atoms with E-state index in [9.17, 15) is 21.4 Å². The molecule has 7 nitrogen and oxygen atoms in total. The van der Waals surface area contributed by atoms with Gasteiger partial charge in [-0.1, -0.05) is 12.1 Å². The molecular weight excluding hydrogens is 294 g/mol. The Kier molecular flexibility index (Phi) is 3.01. The fourth-order valence-corrected chi connectivity index (χ4v) is 3.75. The molecule has 0 heterocycles. The second-order valence-electron chi connectivity index (χ2n) is 3.82. The van der Waals surface area contributed by atoms with Crippen LogP contribution in [-0.2, 0) is 20.2 Å². The van der Waals surface area contributed by atoms with Crippen LogP contribution in [0.5, 0.6) is 0 Å². The molecule has 0 unspecified atom stereocenters. The molecule has 0 saturated heterocycles. The number of fused-ring (bicyclic) bond motifs is 1. The maximum atomic E-state index is 11.4. The van der Waals surface area contributed by atoms with E-state index in [0.29, 0.717) is 5.39 Å². The van der Waals surface area contributed by atoms with Crippen molar-refractivity contribution in [1.29, 1.82) is 0 Å². The predicted octanol–water partition coefficient (Wildman–Crippen LogP) is 0.915. The summed E-state index contributed by atoms with van der Waals surface area (Å²) in [4.78, 5) is -1.78. The Balaban J connectivity index is 3.10. The lowest BCUT2D eigenvalue weighted by molar-refractivity contribution is 0.467. The molecule has 2 aromatic carbocycles. The molecule has 2 aromatic rings. The van der Waals surface area contributed by atoms with Crippen molar-refractivity contribution in [3.05, 3.63) is 30.3 Å². The predicted molar refractivity (Wildman–Crippen MR) is 68.0 cm³/mol. The van der Waals surface area contributed by atoms with Crippen molar-refractivity contribution in [3.63, 3.8) is 0 Å². The van der Waals surface area contributed by atoms with E-state index in [1.54, 1.807) is 0 Å². The van der Waals surface area contributed by atoms with Crippen molar-refractivity contribution in [2.24, 2.45) is 0 Å². The van der Waals surface area contributed by atoms with Crippen molar-refractivity contribution in [3.8, 4) is 0 Å². The van der Waals surface area contributed by atoms with Gasteiger partial charge in [-0.05, 0) is 23.6 Å². The van der Waals surface area contributed by atoms with E-state index in [2.05, 4.69) is 0 Å². The molecule has 9 heteroatoms. The van der Waals surface area contributed by atoms with Crippen LogP contribution in [-0.4, -0.2) is 25.9 Å². The Morgan fingerprint density at radius 1 is 0.895 bits per heavy atom. The minimum atomic E-state index is -4.85. The molecule has 19 heavy (non-hydrogen) atoms. The van der Waals surface area contributed by atoms with Gasteiger partial charge in [0.15, 0.2) is 0 Å². The Bertz CT molecular complexity index is 870. The molecule has 0 aliphatic rings. The minimum absolute atomic E-state index is 0.0855. The zero-order chi connectivity index (χ0) is 14.4. The quantitative estimate of drug-likeness (QED) is 0.554. The molecule has 102 valence electrons. The Labute approximate surface area is 109 Å². The molecule has 0 bridgehead atoms. The van der Waals surface area contributed by atoms with Crippen molar-refractivity contribution in [2.45, 2.75) is 9.79 Å². The van der Waals surface area contributed by atoms with Crippen LogP contribution < -0.4 is 5.73 Å². The molecule has 0 aliphatic heterocycles. The summed E-state index contributed by atoms with van der Waals surface area (Å²) in [5.74, 6) is 0. The molecular formula is C10H9NO6S2. The van der Waals surface area contributed by atoms with Gasteiger partial charge in [0.2, 0.25) is 0 Å². The van der Waals surface area contributed by atoms with Crippen LogP contribution in [0.4, 0.5) is 5.69 Å². The van der Waals surface area contributed by atoms with Crippen LogP contribution >= 0.6 is 0 Å². The van der Waals surface area contributed by atoms with Gasteiger partial charge in [-0.3, -0.25) is 9.11 Å². The van der Waals surface area contributed by atoms with Gasteiger partial charge in [0, 0.05) is 11.1 Å². The lowest BCUT2D eigenvalue weighted by Gasteiger charge is -2.09. The molecule has 0 atom stereocenters. The molecule has 4 N–H and O–H groups in total. The average Bonchev–Trinajstić information content (AvgIpc) is 2.24. The van der Waals surface area contributed by atoms with Gasteiger partial charge >= 0.3 is 0 Å². The van der Waals surface area contributed by atoms with Gasteiger partial charge in [-0.15, -0.1) is 0 Å². The van der Waals surface area contributed by atoms with Crippen molar-refractivity contribution >= 4 is 36.7 Å². The largest absolute Gasteiger partial charge is 0.399 e. The first-order valence-electron chi connectivity index (χ1n) is 4.88. The zero-order valence-corrected chi connectivity index (χ0v) is 10.9. The van der Waals surface area contributed by atoms with E-state index >= 15 is 0 Å². The second-order valence-corrected chi connectivity index (χ2v) is 6.57. The summed E-state index contributed by atoms with van der Waals surface area (Å²) in [5.41, 5.74) is 5.69. The lowest BCUT2D eigenvalue weighted by atomic mass is 10.1. The summed E-state index contributed by atoms with van der Waals surface area (Å²) in [6.07, 6.45) is 0. The third-order valence-corrected chi connectivity index (χ3v) is 4.48. The number of nitrogens with two attached hydrogens (primary N) is 1. The monoisotopic (exact) mass is 303 g/mol.